The van der Waals surface area contributed by atoms with Crippen LogP contribution in [0.2, 0.25) is 0 Å². The van der Waals surface area contributed by atoms with E-state index in [2.05, 4.69) is 10.3 Å². The molecule has 0 aliphatic rings. The van der Waals surface area contributed by atoms with Gasteiger partial charge in [0.1, 0.15) is 0 Å². The standard InChI is InChI=1S/C12H17ClN2O/c1-8-5-6-10(7-14-8)11(16)15-12(3,4)9(2)13/h5-7,9H,1-4H3,(H,15,16). The van der Waals surface area contributed by atoms with Crippen molar-refractivity contribution in [3.63, 3.8) is 0 Å². The number of hydrogen-bond acceptors (Lipinski definition) is 2. The second-order valence-corrected chi connectivity index (χ2v) is 5.13. The molecular formula is C12H17ClN2O. The third-order valence-corrected chi connectivity index (χ3v) is 3.15. The van der Waals surface area contributed by atoms with Gasteiger partial charge in [-0.25, -0.2) is 0 Å². The van der Waals surface area contributed by atoms with Crippen molar-refractivity contribution in [1.29, 1.82) is 0 Å². The molecule has 1 aromatic rings. The van der Waals surface area contributed by atoms with Gasteiger partial charge in [0, 0.05) is 11.9 Å². The molecule has 0 saturated heterocycles. The molecule has 0 aromatic carbocycles. The summed E-state index contributed by atoms with van der Waals surface area (Å²) in [6.45, 7) is 7.52. The van der Waals surface area contributed by atoms with Crippen molar-refractivity contribution in [3.05, 3.63) is 29.6 Å². The average Bonchev–Trinajstić information content (AvgIpc) is 2.17. The minimum Gasteiger partial charge on any atom is -0.346 e. The van der Waals surface area contributed by atoms with Gasteiger partial charge in [-0.2, -0.15) is 0 Å². The van der Waals surface area contributed by atoms with Crippen LogP contribution in [0, 0.1) is 6.92 Å². The Bertz CT molecular complexity index is 371. The van der Waals surface area contributed by atoms with Crippen molar-refractivity contribution < 1.29 is 4.79 Å². The number of aryl methyl sites for hydroxylation is 1. The highest BCUT2D eigenvalue weighted by molar-refractivity contribution is 6.21. The van der Waals surface area contributed by atoms with Gasteiger partial charge in [0.05, 0.1) is 16.5 Å². The number of alkyl halides is 1. The number of halogens is 1. The fourth-order valence-corrected chi connectivity index (χ4v) is 1.12. The van der Waals surface area contributed by atoms with E-state index in [1.807, 2.05) is 33.8 Å². The van der Waals surface area contributed by atoms with Crippen molar-refractivity contribution in [2.24, 2.45) is 0 Å². The predicted octanol–water partition coefficient (Wildman–Crippen LogP) is 2.53. The number of rotatable bonds is 3. The maximum absolute atomic E-state index is 11.9. The van der Waals surface area contributed by atoms with Gasteiger partial charge < -0.3 is 5.32 Å². The van der Waals surface area contributed by atoms with Crippen LogP contribution in [0.1, 0.15) is 36.8 Å². The molecule has 0 fully saturated rings. The van der Waals surface area contributed by atoms with Crippen LogP contribution in [-0.2, 0) is 0 Å². The molecule has 1 aromatic heterocycles. The van der Waals surface area contributed by atoms with Crippen molar-refractivity contribution >= 4 is 17.5 Å². The quantitative estimate of drug-likeness (QED) is 0.825. The molecule has 1 atom stereocenters. The van der Waals surface area contributed by atoms with E-state index in [0.717, 1.165) is 5.69 Å². The first kappa shape index (κ1) is 13.0. The van der Waals surface area contributed by atoms with E-state index in [-0.39, 0.29) is 11.3 Å². The molecule has 0 aliphatic carbocycles. The Morgan fingerprint density at radius 1 is 1.50 bits per heavy atom. The summed E-state index contributed by atoms with van der Waals surface area (Å²) in [6, 6.07) is 3.57. The van der Waals surface area contributed by atoms with Crippen molar-refractivity contribution in [2.75, 3.05) is 0 Å². The zero-order valence-corrected chi connectivity index (χ0v) is 10.8. The molecule has 0 saturated carbocycles. The summed E-state index contributed by atoms with van der Waals surface area (Å²) in [4.78, 5) is 15.9. The number of hydrogen-bond donors (Lipinski definition) is 1. The minimum atomic E-state index is -0.441. The fourth-order valence-electron chi connectivity index (χ4n) is 1.07. The molecular weight excluding hydrogens is 224 g/mol. The lowest BCUT2D eigenvalue weighted by Gasteiger charge is -2.28. The lowest BCUT2D eigenvalue weighted by atomic mass is 10.0. The van der Waals surface area contributed by atoms with Crippen LogP contribution in [-0.4, -0.2) is 21.8 Å². The van der Waals surface area contributed by atoms with Crippen LogP contribution in [0.3, 0.4) is 0 Å². The number of carbonyl (C=O) groups excluding carboxylic acids is 1. The monoisotopic (exact) mass is 240 g/mol. The van der Waals surface area contributed by atoms with E-state index in [9.17, 15) is 4.79 Å². The summed E-state index contributed by atoms with van der Waals surface area (Å²) in [7, 11) is 0. The lowest BCUT2D eigenvalue weighted by molar-refractivity contribution is 0.0912. The Morgan fingerprint density at radius 3 is 2.56 bits per heavy atom. The Balaban J connectivity index is 2.77. The predicted molar refractivity (Wildman–Crippen MR) is 65.8 cm³/mol. The number of nitrogens with zero attached hydrogens (tertiary/aromatic N) is 1. The molecule has 1 N–H and O–H groups in total. The summed E-state index contributed by atoms with van der Waals surface area (Å²) >= 11 is 6.00. The Morgan fingerprint density at radius 2 is 2.12 bits per heavy atom. The molecule has 1 heterocycles. The molecule has 0 bridgehead atoms. The summed E-state index contributed by atoms with van der Waals surface area (Å²) < 4.78 is 0. The molecule has 16 heavy (non-hydrogen) atoms. The summed E-state index contributed by atoms with van der Waals surface area (Å²) in [6.07, 6.45) is 1.57. The maximum Gasteiger partial charge on any atom is 0.253 e. The third-order valence-electron chi connectivity index (χ3n) is 2.60. The molecule has 0 aliphatic heterocycles. The second kappa shape index (κ2) is 4.83. The Kier molecular flexibility index (Phi) is 3.92. The van der Waals surface area contributed by atoms with Crippen LogP contribution in [0.25, 0.3) is 0 Å². The van der Waals surface area contributed by atoms with Gasteiger partial charge >= 0.3 is 0 Å². The van der Waals surface area contributed by atoms with E-state index in [1.165, 1.54) is 0 Å². The summed E-state index contributed by atoms with van der Waals surface area (Å²) in [5.74, 6) is -0.148. The van der Waals surface area contributed by atoms with Gasteiger partial charge in [-0.1, -0.05) is 0 Å². The molecule has 0 radical (unpaired) electrons. The van der Waals surface area contributed by atoms with E-state index >= 15 is 0 Å². The first-order valence-electron chi connectivity index (χ1n) is 5.22. The van der Waals surface area contributed by atoms with Crippen molar-refractivity contribution in [3.8, 4) is 0 Å². The van der Waals surface area contributed by atoms with Crippen LogP contribution >= 0.6 is 11.6 Å². The highest BCUT2D eigenvalue weighted by Gasteiger charge is 2.26. The molecule has 1 amide bonds. The number of aromatic nitrogens is 1. The van der Waals surface area contributed by atoms with Gasteiger partial charge in [0.25, 0.3) is 5.91 Å². The topological polar surface area (TPSA) is 42.0 Å². The molecule has 88 valence electrons. The number of pyridine rings is 1. The van der Waals surface area contributed by atoms with E-state index in [0.29, 0.717) is 5.56 Å². The SMILES string of the molecule is Cc1ccc(C(=O)NC(C)(C)C(C)Cl)cn1. The maximum atomic E-state index is 11.9. The van der Waals surface area contributed by atoms with Gasteiger partial charge in [-0.15, -0.1) is 11.6 Å². The molecule has 1 rings (SSSR count). The fraction of sp³-hybridized carbons (Fsp3) is 0.500. The number of nitrogens with one attached hydrogen (secondary N) is 1. The summed E-state index contributed by atoms with van der Waals surface area (Å²) in [5, 5.41) is 2.74. The van der Waals surface area contributed by atoms with Gasteiger partial charge in [-0.05, 0) is 39.8 Å². The first-order valence-corrected chi connectivity index (χ1v) is 5.66. The van der Waals surface area contributed by atoms with Gasteiger partial charge in [0.2, 0.25) is 0 Å². The van der Waals surface area contributed by atoms with Crippen molar-refractivity contribution in [1.82, 2.24) is 10.3 Å². The van der Waals surface area contributed by atoms with E-state index in [1.54, 1.807) is 12.3 Å². The second-order valence-electron chi connectivity index (χ2n) is 4.48. The molecule has 4 heteroatoms. The van der Waals surface area contributed by atoms with Crippen LogP contribution < -0.4 is 5.32 Å². The van der Waals surface area contributed by atoms with Gasteiger partial charge in [-0.3, -0.25) is 9.78 Å². The van der Waals surface area contributed by atoms with Crippen LogP contribution in [0.4, 0.5) is 0 Å². The highest BCUT2D eigenvalue weighted by atomic mass is 35.5. The van der Waals surface area contributed by atoms with E-state index in [4.69, 9.17) is 11.6 Å². The Hall–Kier alpha value is -1.09. The minimum absolute atomic E-state index is 0.144. The smallest absolute Gasteiger partial charge is 0.253 e. The first-order chi connectivity index (χ1) is 7.33. The normalized spacial score (nSPS) is 13.3. The van der Waals surface area contributed by atoms with Crippen LogP contribution in [0.15, 0.2) is 18.3 Å². The van der Waals surface area contributed by atoms with Crippen molar-refractivity contribution in [2.45, 2.75) is 38.6 Å². The Labute approximate surface area is 101 Å². The lowest BCUT2D eigenvalue weighted by Crippen LogP contribution is -2.49. The van der Waals surface area contributed by atoms with Gasteiger partial charge in [0.15, 0.2) is 0 Å². The number of carbonyl (C=O) groups is 1. The summed E-state index contributed by atoms with van der Waals surface area (Å²) in [5.41, 5.74) is 1.00. The molecule has 0 spiro atoms. The molecule has 1 unspecified atom stereocenters. The third kappa shape index (κ3) is 3.20. The molecule has 3 nitrogen and oxygen atoms in total. The largest absolute Gasteiger partial charge is 0.346 e. The number of amides is 1. The van der Waals surface area contributed by atoms with E-state index < -0.39 is 5.54 Å². The van der Waals surface area contributed by atoms with Crippen LogP contribution in [0.5, 0.6) is 0 Å². The zero-order valence-electron chi connectivity index (χ0n) is 10.0. The highest BCUT2D eigenvalue weighted by Crippen LogP contribution is 2.15. The average molecular weight is 241 g/mol. The zero-order chi connectivity index (χ0) is 12.3.